The van der Waals surface area contributed by atoms with Gasteiger partial charge in [-0.15, -0.1) is 0 Å². The lowest BCUT2D eigenvalue weighted by Gasteiger charge is -2.28. The van der Waals surface area contributed by atoms with Crippen LogP contribution in [0.2, 0.25) is 5.02 Å². The molecule has 0 aliphatic rings. The number of aliphatic hydroxyl groups excluding tert-OH is 1. The average Bonchev–Trinajstić information content (AvgIpc) is 3.07. The Balaban J connectivity index is 2.20. The molecule has 0 fully saturated rings. The number of fused-ring (bicyclic) bond motifs is 1. The van der Waals surface area contributed by atoms with Crippen LogP contribution in [0.1, 0.15) is 16.5 Å². The summed E-state index contributed by atoms with van der Waals surface area (Å²) in [7, 11) is 1.72. The first-order valence-corrected chi connectivity index (χ1v) is 8.00. The summed E-state index contributed by atoms with van der Waals surface area (Å²) in [5.41, 5.74) is 0.241. The number of hydrogen-bond donors (Lipinski definition) is 2. The molecule has 0 radical (unpaired) electrons. The minimum absolute atomic E-state index is 0.111. The number of aromatic nitrogens is 3. The van der Waals surface area contributed by atoms with Crippen molar-refractivity contribution in [3.05, 3.63) is 45.8 Å². The Kier molecular flexibility index (Phi) is 4.49. The Morgan fingerprint density at radius 2 is 2.26 bits per heavy atom. The first kappa shape index (κ1) is 16.1. The highest BCUT2D eigenvalue weighted by molar-refractivity contribution is 7.17. The summed E-state index contributed by atoms with van der Waals surface area (Å²) in [4.78, 5) is 6.71. The van der Waals surface area contributed by atoms with Crippen molar-refractivity contribution in [3.63, 3.8) is 0 Å². The van der Waals surface area contributed by atoms with Crippen molar-refractivity contribution in [3.8, 4) is 5.88 Å². The fourth-order valence-electron chi connectivity index (χ4n) is 2.48. The summed E-state index contributed by atoms with van der Waals surface area (Å²) in [5, 5.41) is 23.8. The smallest absolute Gasteiger partial charge is 0.230 e. The van der Waals surface area contributed by atoms with E-state index in [0.717, 1.165) is 0 Å². The molecule has 2 N–H and O–H groups in total. The predicted octanol–water partition coefficient (Wildman–Crippen LogP) is 2.30. The fourth-order valence-corrected chi connectivity index (χ4v) is 3.85. The highest BCUT2D eigenvalue weighted by Gasteiger charge is 2.30. The van der Waals surface area contributed by atoms with Crippen LogP contribution in [0.3, 0.4) is 0 Å². The van der Waals surface area contributed by atoms with Crippen LogP contribution < -0.4 is 0 Å². The van der Waals surface area contributed by atoms with Crippen LogP contribution in [-0.2, 0) is 0 Å². The van der Waals surface area contributed by atoms with Crippen LogP contribution >= 0.6 is 22.9 Å². The van der Waals surface area contributed by atoms with Crippen LogP contribution in [-0.4, -0.2) is 49.9 Å². The van der Waals surface area contributed by atoms with Crippen LogP contribution in [0.25, 0.3) is 4.96 Å². The number of benzene rings is 1. The molecular weight excluding hydrogens is 343 g/mol. The third-order valence-corrected chi connectivity index (χ3v) is 4.97. The summed E-state index contributed by atoms with van der Waals surface area (Å²) in [6.45, 7) is 0.170. The summed E-state index contributed by atoms with van der Waals surface area (Å²) in [6.07, 6.45) is 1.33. The van der Waals surface area contributed by atoms with E-state index in [0.29, 0.717) is 9.84 Å². The minimum atomic E-state index is -0.663. The standard InChI is InChI=1S/C14H14ClFN4O2S/c1-19(5-6-21)11(10-8(15)3-2-4-9(10)16)12-13(22)20-14(23-12)17-7-18-20/h2-4,7,11,21-22H,5-6H2,1H3. The van der Waals surface area contributed by atoms with E-state index < -0.39 is 11.9 Å². The van der Waals surface area contributed by atoms with E-state index >= 15 is 0 Å². The van der Waals surface area contributed by atoms with E-state index in [-0.39, 0.29) is 29.6 Å². The molecule has 3 aromatic rings. The van der Waals surface area contributed by atoms with E-state index in [1.807, 2.05) is 0 Å². The van der Waals surface area contributed by atoms with Gasteiger partial charge in [-0.25, -0.2) is 9.37 Å². The van der Waals surface area contributed by atoms with Crippen LogP contribution in [0.5, 0.6) is 5.88 Å². The summed E-state index contributed by atoms with van der Waals surface area (Å²) in [5.74, 6) is -0.595. The molecule has 9 heteroatoms. The number of aromatic hydroxyl groups is 1. The van der Waals surface area contributed by atoms with Crippen molar-refractivity contribution in [2.24, 2.45) is 0 Å². The molecule has 23 heavy (non-hydrogen) atoms. The maximum Gasteiger partial charge on any atom is 0.230 e. The van der Waals surface area contributed by atoms with Crippen LogP contribution in [0, 0.1) is 5.82 Å². The largest absolute Gasteiger partial charge is 0.492 e. The van der Waals surface area contributed by atoms with E-state index in [2.05, 4.69) is 10.1 Å². The lowest BCUT2D eigenvalue weighted by molar-refractivity contribution is 0.194. The second-order valence-electron chi connectivity index (χ2n) is 4.99. The van der Waals surface area contributed by atoms with Crippen LogP contribution in [0.4, 0.5) is 4.39 Å². The number of hydrogen-bond acceptors (Lipinski definition) is 6. The van der Waals surface area contributed by atoms with Crippen LogP contribution in [0.15, 0.2) is 24.5 Å². The zero-order valence-corrected chi connectivity index (χ0v) is 13.7. The van der Waals surface area contributed by atoms with Gasteiger partial charge in [-0.1, -0.05) is 29.0 Å². The van der Waals surface area contributed by atoms with Gasteiger partial charge in [-0.2, -0.15) is 9.61 Å². The minimum Gasteiger partial charge on any atom is -0.492 e. The summed E-state index contributed by atoms with van der Waals surface area (Å²) in [6, 6.07) is 3.76. The van der Waals surface area contributed by atoms with Crippen molar-refractivity contribution in [2.75, 3.05) is 20.2 Å². The van der Waals surface area contributed by atoms with Gasteiger partial charge in [-0.05, 0) is 19.2 Å². The third-order valence-electron chi connectivity index (χ3n) is 3.55. The Hall–Kier alpha value is -1.74. The SMILES string of the molecule is CN(CCO)C(c1sc2ncnn2c1O)c1c(F)cccc1Cl. The van der Waals surface area contributed by atoms with E-state index in [4.69, 9.17) is 11.6 Å². The molecule has 3 rings (SSSR count). The Morgan fingerprint density at radius 3 is 2.91 bits per heavy atom. The number of aliphatic hydroxyl groups is 1. The van der Waals surface area contributed by atoms with Gasteiger partial charge >= 0.3 is 0 Å². The molecular formula is C14H14ClFN4O2S. The second kappa shape index (κ2) is 6.40. The van der Waals surface area contributed by atoms with Gasteiger partial charge < -0.3 is 10.2 Å². The molecule has 0 amide bonds. The van der Waals surface area contributed by atoms with Gasteiger partial charge in [0.05, 0.1) is 17.5 Å². The molecule has 1 aromatic carbocycles. The molecule has 0 aliphatic carbocycles. The fraction of sp³-hybridized carbons (Fsp3) is 0.286. The molecule has 2 heterocycles. The zero-order chi connectivity index (χ0) is 16.6. The maximum atomic E-state index is 14.4. The van der Waals surface area contributed by atoms with Gasteiger partial charge in [0.2, 0.25) is 10.8 Å². The predicted molar refractivity (Wildman–Crippen MR) is 85.5 cm³/mol. The monoisotopic (exact) mass is 356 g/mol. The highest BCUT2D eigenvalue weighted by atomic mass is 35.5. The molecule has 0 saturated heterocycles. The average molecular weight is 357 g/mol. The molecule has 2 aromatic heterocycles. The highest BCUT2D eigenvalue weighted by Crippen LogP contribution is 2.42. The lowest BCUT2D eigenvalue weighted by atomic mass is 10.0. The number of halogens is 2. The van der Waals surface area contributed by atoms with Gasteiger partial charge in [0.15, 0.2) is 0 Å². The van der Waals surface area contributed by atoms with E-state index in [1.165, 1.54) is 34.3 Å². The molecule has 0 spiro atoms. The summed E-state index contributed by atoms with van der Waals surface area (Å²) < 4.78 is 15.7. The first-order chi connectivity index (χ1) is 11.0. The number of likely N-dealkylation sites (N-methyl/N-ethyl adjacent to an activating group) is 1. The zero-order valence-electron chi connectivity index (χ0n) is 12.1. The maximum absolute atomic E-state index is 14.4. The first-order valence-electron chi connectivity index (χ1n) is 6.81. The topological polar surface area (TPSA) is 73.9 Å². The Bertz CT molecular complexity index is 817. The molecule has 0 bridgehead atoms. The molecule has 0 aliphatic heterocycles. The molecule has 122 valence electrons. The number of thiazole rings is 1. The van der Waals surface area contributed by atoms with E-state index in [1.54, 1.807) is 18.0 Å². The van der Waals surface area contributed by atoms with Crippen molar-refractivity contribution in [2.45, 2.75) is 6.04 Å². The van der Waals surface area contributed by atoms with Crippen molar-refractivity contribution in [1.29, 1.82) is 0 Å². The van der Waals surface area contributed by atoms with Crippen molar-refractivity contribution >= 4 is 27.9 Å². The summed E-state index contributed by atoms with van der Waals surface area (Å²) >= 11 is 7.40. The van der Waals surface area contributed by atoms with E-state index in [9.17, 15) is 14.6 Å². The third kappa shape index (κ3) is 2.78. The second-order valence-corrected chi connectivity index (χ2v) is 6.40. The molecule has 1 atom stereocenters. The van der Waals surface area contributed by atoms with Gasteiger partial charge in [0, 0.05) is 17.1 Å². The molecule has 6 nitrogen and oxygen atoms in total. The molecule has 0 saturated carbocycles. The van der Waals surface area contributed by atoms with Gasteiger partial charge in [0.1, 0.15) is 12.1 Å². The van der Waals surface area contributed by atoms with Crippen molar-refractivity contribution < 1.29 is 14.6 Å². The van der Waals surface area contributed by atoms with Gasteiger partial charge in [0.25, 0.3) is 0 Å². The van der Waals surface area contributed by atoms with Gasteiger partial charge in [-0.3, -0.25) is 4.90 Å². The van der Waals surface area contributed by atoms with Crippen molar-refractivity contribution in [1.82, 2.24) is 19.5 Å². The molecule has 1 unspecified atom stereocenters. The number of rotatable bonds is 5. The quantitative estimate of drug-likeness (QED) is 0.733. The normalized spacial score (nSPS) is 13.1. The Labute approximate surface area is 140 Å². The number of nitrogens with zero attached hydrogens (tertiary/aromatic N) is 4. The Morgan fingerprint density at radius 1 is 1.48 bits per heavy atom. The lowest BCUT2D eigenvalue weighted by Crippen LogP contribution is -2.29.